The van der Waals surface area contributed by atoms with Crippen LogP contribution in [0.2, 0.25) is 0 Å². The SMILES string of the molecule is COc1ccc(C(C)(C)OC(C)=O)cc1OC. The number of hydrogen-bond acceptors (Lipinski definition) is 4. The van der Waals surface area contributed by atoms with Gasteiger partial charge in [-0.3, -0.25) is 4.79 Å². The summed E-state index contributed by atoms with van der Waals surface area (Å²) in [5.74, 6) is 0.949. The molecule has 0 aliphatic rings. The molecule has 0 unspecified atom stereocenters. The summed E-state index contributed by atoms with van der Waals surface area (Å²) >= 11 is 0. The molecule has 0 bridgehead atoms. The number of hydrogen-bond donors (Lipinski definition) is 0. The van der Waals surface area contributed by atoms with Gasteiger partial charge in [0.25, 0.3) is 0 Å². The fraction of sp³-hybridized carbons (Fsp3) is 0.462. The third-order valence-electron chi connectivity index (χ3n) is 2.48. The molecular weight excluding hydrogens is 220 g/mol. The second kappa shape index (κ2) is 5.08. The molecule has 94 valence electrons. The molecule has 0 amide bonds. The van der Waals surface area contributed by atoms with Gasteiger partial charge in [-0.05, 0) is 31.5 Å². The van der Waals surface area contributed by atoms with E-state index in [-0.39, 0.29) is 5.97 Å². The fourth-order valence-electron chi connectivity index (χ4n) is 1.63. The molecule has 1 aromatic carbocycles. The topological polar surface area (TPSA) is 44.8 Å². The third kappa shape index (κ3) is 3.12. The minimum Gasteiger partial charge on any atom is -0.493 e. The van der Waals surface area contributed by atoms with Crippen molar-refractivity contribution in [1.82, 2.24) is 0 Å². The van der Waals surface area contributed by atoms with Crippen LogP contribution in [0.5, 0.6) is 11.5 Å². The number of carbonyl (C=O) groups is 1. The molecule has 1 rings (SSSR count). The van der Waals surface area contributed by atoms with Gasteiger partial charge in [0.15, 0.2) is 11.5 Å². The van der Waals surface area contributed by atoms with Crippen molar-refractivity contribution in [3.05, 3.63) is 23.8 Å². The van der Waals surface area contributed by atoms with Gasteiger partial charge in [0.2, 0.25) is 0 Å². The quantitative estimate of drug-likeness (QED) is 0.756. The second-order valence-corrected chi connectivity index (χ2v) is 4.17. The number of methoxy groups -OCH3 is 2. The van der Waals surface area contributed by atoms with Gasteiger partial charge in [0, 0.05) is 6.92 Å². The van der Waals surface area contributed by atoms with Gasteiger partial charge in [-0.1, -0.05) is 6.07 Å². The van der Waals surface area contributed by atoms with Crippen LogP contribution < -0.4 is 9.47 Å². The zero-order valence-corrected chi connectivity index (χ0v) is 10.9. The van der Waals surface area contributed by atoms with E-state index in [1.54, 1.807) is 20.3 Å². The van der Waals surface area contributed by atoms with E-state index >= 15 is 0 Å². The van der Waals surface area contributed by atoms with E-state index in [0.29, 0.717) is 11.5 Å². The van der Waals surface area contributed by atoms with Crippen LogP contribution in [0, 0.1) is 0 Å². The second-order valence-electron chi connectivity index (χ2n) is 4.17. The normalized spacial score (nSPS) is 10.9. The van der Waals surface area contributed by atoms with Crippen LogP contribution in [0.4, 0.5) is 0 Å². The van der Waals surface area contributed by atoms with E-state index in [4.69, 9.17) is 14.2 Å². The third-order valence-corrected chi connectivity index (χ3v) is 2.48. The number of esters is 1. The van der Waals surface area contributed by atoms with Crippen LogP contribution in [-0.2, 0) is 15.1 Å². The molecule has 17 heavy (non-hydrogen) atoms. The average Bonchev–Trinajstić information content (AvgIpc) is 2.26. The maximum Gasteiger partial charge on any atom is 0.303 e. The zero-order chi connectivity index (χ0) is 13.1. The van der Waals surface area contributed by atoms with Crippen molar-refractivity contribution in [3.63, 3.8) is 0 Å². The molecule has 0 fully saturated rings. The molecule has 1 aromatic rings. The van der Waals surface area contributed by atoms with Crippen LogP contribution in [0.1, 0.15) is 26.3 Å². The van der Waals surface area contributed by atoms with E-state index in [0.717, 1.165) is 5.56 Å². The molecule has 0 N–H and O–H groups in total. The summed E-state index contributed by atoms with van der Waals surface area (Å²) in [6.07, 6.45) is 0. The summed E-state index contributed by atoms with van der Waals surface area (Å²) < 4.78 is 15.6. The fourth-order valence-corrected chi connectivity index (χ4v) is 1.63. The maximum atomic E-state index is 11.0. The van der Waals surface area contributed by atoms with Gasteiger partial charge in [-0.2, -0.15) is 0 Å². The summed E-state index contributed by atoms with van der Waals surface area (Å²) in [4.78, 5) is 11.0. The summed E-state index contributed by atoms with van der Waals surface area (Å²) in [6, 6.07) is 5.45. The molecule has 4 nitrogen and oxygen atoms in total. The van der Waals surface area contributed by atoms with Gasteiger partial charge in [0.1, 0.15) is 5.60 Å². The van der Waals surface area contributed by atoms with Gasteiger partial charge < -0.3 is 14.2 Å². The zero-order valence-electron chi connectivity index (χ0n) is 10.9. The van der Waals surface area contributed by atoms with Gasteiger partial charge in [-0.25, -0.2) is 0 Å². The predicted octanol–water partition coefficient (Wildman–Crippen LogP) is 2.50. The Morgan fingerprint density at radius 3 is 2.18 bits per heavy atom. The van der Waals surface area contributed by atoms with Crippen LogP contribution >= 0.6 is 0 Å². The highest BCUT2D eigenvalue weighted by molar-refractivity contribution is 5.66. The van der Waals surface area contributed by atoms with E-state index in [1.807, 2.05) is 26.0 Å². The first-order valence-corrected chi connectivity index (χ1v) is 5.33. The molecule has 4 heteroatoms. The van der Waals surface area contributed by atoms with Crippen molar-refractivity contribution in [2.45, 2.75) is 26.4 Å². The lowest BCUT2D eigenvalue weighted by Crippen LogP contribution is -2.24. The summed E-state index contributed by atoms with van der Waals surface area (Å²) in [6.45, 7) is 5.05. The van der Waals surface area contributed by atoms with Gasteiger partial charge in [0.05, 0.1) is 14.2 Å². The average molecular weight is 238 g/mol. The van der Waals surface area contributed by atoms with Crippen molar-refractivity contribution >= 4 is 5.97 Å². The first-order chi connectivity index (χ1) is 7.90. The standard InChI is InChI=1S/C13H18O4/c1-9(14)17-13(2,3)10-6-7-11(15-4)12(8-10)16-5/h6-8H,1-5H3. The monoisotopic (exact) mass is 238 g/mol. The predicted molar refractivity (Wildman–Crippen MR) is 64.3 cm³/mol. The van der Waals surface area contributed by atoms with Crippen molar-refractivity contribution in [1.29, 1.82) is 0 Å². The van der Waals surface area contributed by atoms with Crippen LogP contribution in [-0.4, -0.2) is 20.2 Å². The van der Waals surface area contributed by atoms with Crippen LogP contribution in [0.25, 0.3) is 0 Å². The molecule has 0 heterocycles. The Bertz CT molecular complexity index is 410. The summed E-state index contributed by atoms with van der Waals surface area (Å²) in [5.41, 5.74) is 0.163. The van der Waals surface area contributed by atoms with Crippen molar-refractivity contribution in [3.8, 4) is 11.5 Å². The Morgan fingerprint density at radius 2 is 1.71 bits per heavy atom. The molecule has 0 saturated carbocycles. The number of benzene rings is 1. The molecule has 0 atom stereocenters. The Morgan fingerprint density at radius 1 is 1.12 bits per heavy atom. The Hall–Kier alpha value is -1.71. The lowest BCUT2D eigenvalue weighted by molar-refractivity contribution is -0.154. The van der Waals surface area contributed by atoms with E-state index in [9.17, 15) is 4.79 Å². The first-order valence-electron chi connectivity index (χ1n) is 5.33. The highest BCUT2D eigenvalue weighted by Gasteiger charge is 2.25. The highest BCUT2D eigenvalue weighted by Crippen LogP contribution is 2.33. The largest absolute Gasteiger partial charge is 0.493 e. The minimum atomic E-state index is -0.689. The number of rotatable bonds is 4. The van der Waals surface area contributed by atoms with Crippen LogP contribution in [0.3, 0.4) is 0 Å². The van der Waals surface area contributed by atoms with E-state index in [2.05, 4.69) is 0 Å². The van der Waals surface area contributed by atoms with Crippen molar-refractivity contribution < 1.29 is 19.0 Å². The highest BCUT2D eigenvalue weighted by atomic mass is 16.6. The lowest BCUT2D eigenvalue weighted by atomic mass is 9.97. The first kappa shape index (κ1) is 13.4. The van der Waals surface area contributed by atoms with Crippen molar-refractivity contribution in [2.24, 2.45) is 0 Å². The van der Waals surface area contributed by atoms with Gasteiger partial charge >= 0.3 is 5.97 Å². The minimum absolute atomic E-state index is 0.315. The van der Waals surface area contributed by atoms with Gasteiger partial charge in [-0.15, -0.1) is 0 Å². The Labute approximate surface area is 101 Å². The summed E-state index contributed by atoms with van der Waals surface area (Å²) in [7, 11) is 3.15. The Kier molecular flexibility index (Phi) is 3.99. The van der Waals surface area contributed by atoms with Crippen LogP contribution in [0.15, 0.2) is 18.2 Å². The van der Waals surface area contributed by atoms with E-state index in [1.165, 1.54) is 6.92 Å². The molecule has 0 radical (unpaired) electrons. The van der Waals surface area contributed by atoms with Crippen molar-refractivity contribution in [2.75, 3.05) is 14.2 Å². The molecule has 0 aliphatic carbocycles. The number of carbonyl (C=O) groups excluding carboxylic acids is 1. The molecule has 0 aliphatic heterocycles. The molecular formula is C13H18O4. The molecule has 0 spiro atoms. The smallest absolute Gasteiger partial charge is 0.303 e. The van der Waals surface area contributed by atoms with E-state index < -0.39 is 5.60 Å². The Balaban J connectivity index is 3.10. The molecule has 0 saturated heterocycles. The number of ether oxygens (including phenoxy) is 3. The molecule has 0 aromatic heterocycles. The maximum absolute atomic E-state index is 11.0. The lowest BCUT2D eigenvalue weighted by Gasteiger charge is -2.25. The summed E-state index contributed by atoms with van der Waals surface area (Å²) in [5, 5.41) is 0.